The lowest BCUT2D eigenvalue weighted by atomic mass is 10.3. The van der Waals surface area contributed by atoms with E-state index in [1.54, 1.807) is 11.6 Å². The van der Waals surface area contributed by atoms with Crippen LogP contribution in [0, 0.1) is 5.82 Å². The Kier molecular flexibility index (Phi) is 4.99. The van der Waals surface area contributed by atoms with Gasteiger partial charge in [0.05, 0.1) is 17.0 Å². The highest BCUT2D eigenvalue weighted by Crippen LogP contribution is 2.19. The van der Waals surface area contributed by atoms with E-state index >= 15 is 0 Å². The zero-order valence-electron chi connectivity index (χ0n) is 14.7. The summed E-state index contributed by atoms with van der Waals surface area (Å²) in [5.74, 6) is -0.726. The van der Waals surface area contributed by atoms with E-state index in [2.05, 4.69) is 20.0 Å². The molecular formula is C18H14FN5O3S2. The molecule has 4 rings (SSSR count). The van der Waals surface area contributed by atoms with Crippen LogP contribution in [0.1, 0.15) is 5.69 Å². The van der Waals surface area contributed by atoms with Gasteiger partial charge in [0.15, 0.2) is 5.13 Å². The molecule has 0 radical (unpaired) electrons. The molecule has 0 aliphatic heterocycles. The number of nitrogens with zero attached hydrogens (tertiary/aromatic N) is 3. The normalized spacial score (nSPS) is 11.5. The number of thiazole rings is 1. The Hall–Kier alpha value is -3.31. The minimum Gasteiger partial charge on any atom is -0.326 e. The van der Waals surface area contributed by atoms with Crippen molar-refractivity contribution in [1.29, 1.82) is 0 Å². The van der Waals surface area contributed by atoms with Crippen molar-refractivity contribution in [2.75, 3.05) is 10.0 Å². The molecule has 0 spiro atoms. The minimum atomic E-state index is -3.75. The van der Waals surface area contributed by atoms with E-state index in [1.807, 2.05) is 0 Å². The number of hydrogen-bond acceptors (Lipinski definition) is 6. The molecule has 29 heavy (non-hydrogen) atoms. The molecule has 0 aliphatic carbocycles. The topological polar surface area (TPSA) is 105 Å². The van der Waals surface area contributed by atoms with Crippen LogP contribution in [0.5, 0.6) is 0 Å². The Morgan fingerprint density at radius 3 is 2.66 bits per heavy atom. The third kappa shape index (κ3) is 4.41. The molecule has 0 saturated carbocycles. The van der Waals surface area contributed by atoms with Crippen molar-refractivity contribution in [3.63, 3.8) is 0 Å². The molecule has 1 aromatic carbocycles. The first-order valence-corrected chi connectivity index (χ1v) is 10.7. The predicted molar refractivity (Wildman–Crippen MR) is 107 cm³/mol. The average Bonchev–Trinajstić information content (AvgIpc) is 3.30. The fraction of sp³-hybridized carbons (Fsp3) is 0.0556. The molecule has 0 bridgehead atoms. The summed E-state index contributed by atoms with van der Waals surface area (Å²) in [6, 6.07) is 8.58. The number of halogens is 1. The zero-order valence-corrected chi connectivity index (χ0v) is 16.4. The van der Waals surface area contributed by atoms with Crippen LogP contribution in [0.4, 0.5) is 15.2 Å². The van der Waals surface area contributed by atoms with Gasteiger partial charge in [-0.25, -0.2) is 22.8 Å². The molecule has 0 fully saturated rings. The van der Waals surface area contributed by atoms with E-state index in [1.165, 1.54) is 64.5 Å². The SMILES string of the molecule is O=C(Cc1cn2cc(F)ccc2n1)Nc1ccc(S(=O)(=O)Nc2nccs2)cc1. The summed E-state index contributed by atoms with van der Waals surface area (Å²) in [5, 5.41) is 4.62. The Bertz CT molecular complexity index is 1270. The number of amides is 1. The second-order valence-electron chi connectivity index (χ2n) is 6.04. The summed E-state index contributed by atoms with van der Waals surface area (Å²) in [4.78, 5) is 20.4. The van der Waals surface area contributed by atoms with Gasteiger partial charge in [-0.3, -0.25) is 9.52 Å². The first-order chi connectivity index (χ1) is 13.9. The Balaban J connectivity index is 1.41. The van der Waals surface area contributed by atoms with Crippen molar-refractivity contribution in [3.05, 3.63) is 71.9 Å². The number of benzene rings is 1. The maximum Gasteiger partial charge on any atom is 0.263 e. The summed E-state index contributed by atoms with van der Waals surface area (Å²) >= 11 is 1.17. The number of sulfonamides is 1. The van der Waals surface area contributed by atoms with Crippen LogP contribution in [-0.2, 0) is 21.2 Å². The second kappa shape index (κ2) is 7.60. The molecular weight excluding hydrogens is 417 g/mol. The molecule has 0 unspecified atom stereocenters. The highest BCUT2D eigenvalue weighted by atomic mass is 32.2. The third-order valence-electron chi connectivity index (χ3n) is 3.91. The quantitative estimate of drug-likeness (QED) is 0.488. The predicted octanol–water partition coefficient (Wildman–Crippen LogP) is 2.91. The molecule has 148 valence electrons. The summed E-state index contributed by atoms with van der Waals surface area (Å²) in [6.45, 7) is 0. The van der Waals surface area contributed by atoms with Crippen molar-refractivity contribution >= 4 is 43.7 Å². The lowest BCUT2D eigenvalue weighted by molar-refractivity contribution is -0.115. The number of fused-ring (bicyclic) bond motifs is 1. The minimum absolute atomic E-state index is 0.00501. The highest BCUT2D eigenvalue weighted by molar-refractivity contribution is 7.93. The van der Waals surface area contributed by atoms with E-state index in [9.17, 15) is 17.6 Å². The number of pyridine rings is 1. The monoisotopic (exact) mass is 431 g/mol. The maximum atomic E-state index is 13.2. The summed E-state index contributed by atoms with van der Waals surface area (Å²) in [6.07, 6.45) is 4.36. The second-order valence-corrected chi connectivity index (χ2v) is 8.61. The van der Waals surface area contributed by atoms with Gasteiger partial charge in [-0.15, -0.1) is 11.3 Å². The van der Waals surface area contributed by atoms with E-state index in [0.29, 0.717) is 17.0 Å². The molecule has 0 saturated heterocycles. The standard InChI is InChI=1S/C18H14FN5O3S2/c19-12-1-6-16-21-14(11-24(16)10-12)9-17(25)22-13-2-4-15(5-3-13)29(26,27)23-18-20-7-8-28-18/h1-8,10-11H,9H2,(H,20,23)(H,22,25). The Morgan fingerprint density at radius 2 is 1.93 bits per heavy atom. The van der Waals surface area contributed by atoms with Crippen LogP contribution in [0.25, 0.3) is 5.65 Å². The molecule has 0 aliphatic rings. The van der Waals surface area contributed by atoms with Gasteiger partial charge in [0.25, 0.3) is 10.0 Å². The fourth-order valence-electron chi connectivity index (χ4n) is 2.64. The molecule has 4 aromatic rings. The van der Waals surface area contributed by atoms with E-state index < -0.39 is 15.8 Å². The smallest absolute Gasteiger partial charge is 0.263 e. The van der Waals surface area contributed by atoms with Crippen LogP contribution in [0.15, 0.2) is 65.3 Å². The number of nitrogens with one attached hydrogen (secondary N) is 2. The molecule has 1 amide bonds. The lowest BCUT2D eigenvalue weighted by Gasteiger charge is -2.07. The van der Waals surface area contributed by atoms with E-state index in [4.69, 9.17) is 0 Å². The number of hydrogen-bond donors (Lipinski definition) is 2. The van der Waals surface area contributed by atoms with Gasteiger partial charge in [-0.1, -0.05) is 0 Å². The first kappa shape index (κ1) is 19.0. The van der Waals surface area contributed by atoms with Gasteiger partial charge in [0.1, 0.15) is 11.5 Å². The van der Waals surface area contributed by atoms with Gasteiger partial charge < -0.3 is 9.72 Å². The largest absolute Gasteiger partial charge is 0.326 e. The summed E-state index contributed by atoms with van der Waals surface area (Å²) < 4.78 is 41.8. The number of carbonyl (C=O) groups excluding carboxylic acids is 1. The highest BCUT2D eigenvalue weighted by Gasteiger charge is 2.16. The molecule has 8 nitrogen and oxygen atoms in total. The van der Waals surface area contributed by atoms with Crippen LogP contribution in [0.3, 0.4) is 0 Å². The summed E-state index contributed by atoms with van der Waals surface area (Å²) in [7, 11) is -3.75. The number of carbonyl (C=O) groups is 1. The van der Waals surface area contributed by atoms with Gasteiger partial charge >= 0.3 is 0 Å². The van der Waals surface area contributed by atoms with E-state index in [0.717, 1.165) is 0 Å². The molecule has 3 heterocycles. The molecule has 3 aromatic heterocycles. The van der Waals surface area contributed by atoms with Gasteiger partial charge in [-0.05, 0) is 36.4 Å². The first-order valence-electron chi connectivity index (χ1n) is 8.34. The Labute approximate surface area is 169 Å². The maximum absolute atomic E-state index is 13.2. The van der Waals surface area contributed by atoms with Crippen LogP contribution < -0.4 is 10.0 Å². The number of anilines is 2. The zero-order chi connectivity index (χ0) is 20.4. The van der Waals surface area contributed by atoms with Gasteiger partial charge in [0, 0.05) is 29.7 Å². The molecule has 11 heteroatoms. The molecule has 0 atom stereocenters. The van der Waals surface area contributed by atoms with Crippen LogP contribution in [0.2, 0.25) is 0 Å². The van der Waals surface area contributed by atoms with Crippen molar-refractivity contribution in [1.82, 2.24) is 14.4 Å². The number of aromatic nitrogens is 3. The van der Waals surface area contributed by atoms with Crippen molar-refractivity contribution < 1.29 is 17.6 Å². The number of imidazole rings is 1. The lowest BCUT2D eigenvalue weighted by Crippen LogP contribution is -2.15. The molecule has 2 N–H and O–H groups in total. The van der Waals surface area contributed by atoms with Gasteiger partial charge in [-0.2, -0.15) is 0 Å². The van der Waals surface area contributed by atoms with Crippen LogP contribution >= 0.6 is 11.3 Å². The Morgan fingerprint density at radius 1 is 1.14 bits per heavy atom. The number of rotatable bonds is 6. The third-order valence-corrected chi connectivity index (χ3v) is 6.08. The average molecular weight is 431 g/mol. The van der Waals surface area contributed by atoms with Crippen LogP contribution in [-0.4, -0.2) is 28.7 Å². The van der Waals surface area contributed by atoms with Crippen molar-refractivity contribution in [2.24, 2.45) is 0 Å². The van der Waals surface area contributed by atoms with Gasteiger partial charge in [0.2, 0.25) is 5.91 Å². The van der Waals surface area contributed by atoms with Crippen molar-refractivity contribution in [3.8, 4) is 0 Å². The summed E-state index contributed by atoms with van der Waals surface area (Å²) in [5.41, 5.74) is 1.47. The fourth-order valence-corrected chi connectivity index (χ4v) is 4.43. The van der Waals surface area contributed by atoms with Crippen molar-refractivity contribution in [2.45, 2.75) is 11.3 Å². The van der Waals surface area contributed by atoms with E-state index in [-0.39, 0.29) is 22.4 Å².